The summed E-state index contributed by atoms with van der Waals surface area (Å²) in [6, 6.07) is 0. The summed E-state index contributed by atoms with van der Waals surface area (Å²) in [5.41, 5.74) is 2.47. The highest BCUT2D eigenvalue weighted by atomic mass is 35.5. The van der Waals surface area contributed by atoms with Crippen LogP contribution in [0.15, 0.2) is 23.3 Å². The Morgan fingerprint density at radius 2 is 2.00 bits per heavy atom. The fourth-order valence-corrected chi connectivity index (χ4v) is 1.58. The predicted octanol–water partition coefficient (Wildman–Crippen LogP) is 3.76. The van der Waals surface area contributed by atoms with E-state index in [1.54, 1.807) is 7.11 Å². The number of rotatable bonds is 7. The summed E-state index contributed by atoms with van der Waals surface area (Å²) in [4.78, 5) is 0. The highest BCUT2D eigenvalue weighted by Crippen LogP contribution is 2.09. The molecule has 0 aliphatic carbocycles. The zero-order valence-corrected chi connectivity index (χ0v) is 10.4. The third-order valence-corrected chi connectivity index (χ3v) is 2.37. The molecule has 0 N–H and O–H groups in total. The number of hydrogen-bond donors (Lipinski definition) is 0. The van der Waals surface area contributed by atoms with Crippen LogP contribution in [0.5, 0.6) is 0 Å². The van der Waals surface area contributed by atoms with Crippen LogP contribution >= 0.6 is 23.2 Å². The third-order valence-electron chi connectivity index (χ3n) is 1.87. The molecule has 14 heavy (non-hydrogen) atoms. The van der Waals surface area contributed by atoms with Crippen LogP contribution in [0.1, 0.15) is 19.8 Å². The van der Waals surface area contributed by atoms with Gasteiger partial charge in [-0.25, -0.2) is 0 Å². The van der Waals surface area contributed by atoms with Crippen molar-refractivity contribution in [3.63, 3.8) is 0 Å². The van der Waals surface area contributed by atoms with Gasteiger partial charge in [0, 0.05) is 18.9 Å². The molecule has 0 bridgehead atoms. The monoisotopic (exact) mass is 236 g/mol. The van der Waals surface area contributed by atoms with Crippen molar-refractivity contribution in [2.75, 3.05) is 25.5 Å². The number of ether oxygens (including phenoxy) is 1. The van der Waals surface area contributed by atoms with Crippen molar-refractivity contribution in [2.45, 2.75) is 19.8 Å². The molecule has 0 aromatic rings. The lowest BCUT2D eigenvalue weighted by atomic mass is 10.1. The lowest BCUT2D eigenvalue weighted by molar-refractivity contribution is 0.225. The lowest BCUT2D eigenvalue weighted by Gasteiger charge is -2.02. The molecule has 0 saturated carbocycles. The maximum Gasteiger partial charge on any atom is 0.0670 e. The van der Waals surface area contributed by atoms with E-state index in [1.807, 2.05) is 6.08 Å². The van der Waals surface area contributed by atoms with E-state index in [0.29, 0.717) is 18.4 Å². The van der Waals surface area contributed by atoms with Crippen LogP contribution < -0.4 is 0 Å². The zero-order valence-electron chi connectivity index (χ0n) is 8.85. The van der Waals surface area contributed by atoms with Gasteiger partial charge in [0.1, 0.15) is 0 Å². The van der Waals surface area contributed by atoms with Gasteiger partial charge in [-0.3, -0.25) is 0 Å². The van der Waals surface area contributed by atoms with Gasteiger partial charge in [0.25, 0.3) is 0 Å². The molecule has 3 heteroatoms. The average Bonchev–Trinajstić information content (AvgIpc) is 2.17. The summed E-state index contributed by atoms with van der Waals surface area (Å²) in [6.45, 7) is 2.77. The molecule has 0 aromatic heterocycles. The van der Waals surface area contributed by atoms with Gasteiger partial charge in [-0.05, 0) is 19.8 Å². The fraction of sp³-hybridized carbons (Fsp3) is 0.636. The van der Waals surface area contributed by atoms with Gasteiger partial charge >= 0.3 is 0 Å². The summed E-state index contributed by atoms with van der Waals surface area (Å²) in [6.07, 6.45) is 6.15. The summed E-state index contributed by atoms with van der Waals surface area (Å²) in [7, 11) is 1.70. The highest BCUT2D eigenvalue weighted by Gasteiger charge is 1.94. The van der Waals surface area contributed by atoms with E-state index in [-0.39, 0.29) is 0 Å². The Morgan fingerprint density at radius 3 is 2.50 bits per heavy atom. The molecular weight excluding hydrogens is 219 g/mol. The Balaban J connectivity index is 3.81. The first-order valence-corrected chi connectivity index (χ1v) is 5.75. The largest absolute Gasteiger partial charge is 0.380 e. The fourth-order valence-electron chi connectivity index (χ4n) is 1.12. The first kappa shape index (κ1) is 14.0. The molecule has 0 spiro atoms. The van der Waals surface area contributed by atoms with Crippen LogP contribution in [0.4, 0.5) is 0 Å². The van der Waals surface area contributed by atoms with E-state index < -0.39 is 0 Å². The van der Waals surface area contributed by atoms with Crippen LogP contribution in [0.2, 0.25) is 0 Å². The third kappa shape index (κ3) is 7.43. The molecule has 0 fully saturated rings. The van der Waals surface area contributed by atoms with E-state index in [9.17, 15) is 0 Å². The Kier molecular flexibility index (Phi) is 9.58. The molecular formula is C11H18Cl2O. The number of halogens is 2. The lowest BCUT2D eigenvalue weighted by Crippen LogP contribution is -1.91. The minimum absolute atomic E-state index is 0.544. The Morgan fingerprint density at radius 1 is 1.29 bits per heavy atom. The first-order valence-electron chi connectivity index (χ1n) is 4.69. The molecule has 0 aliphatic heterocycles. The van der Waals surface area contributed by atoms with Crippen molar-refractivity contribution in [1.82, 2.24) is 0 Å². The van der Waals surface area contributed by atoms with Crippen molar-refractivity contribution in [1.29, 1.82) is 0 Å². The number of hydrogen-bond acceptors (Lipinski definition) is 1. The molecule has 0 rings (SSSR count). The van der Waals surface area contributed by atoms with Crippen molar-refractivity contribution >= 4 is 23.2 Å². The molecule has 82 valence electrons. The molecule has 0 amide bonds. The molecule has 0 saturated heterocycles. The van der Waals surface area contributed by atoms with Crippen molar-refractivity contribution in [3.05, 3.63) is 23.3 Å². The van der Waals surface area contributed by atoms with Gasteiger partial charge in [-0.15, -0.1) is 23.2 Å². The molecule has 0 aliphatic rings. The van der Waals surface area contributed by atoms with Gasteiger partial charge in [-0.1, -0.05) is 23.3 Å². The van der Waals surface area contributed by atoms with E-state index in [0.717, 1.165) is 12.8 Å². The molecule has 0 aromatic carbocycles. The van der Waals surface area contributed by atoms with Crippen LogP contribution in [-0.2, 0) is 4.74 Å². The van der Waals surface area contributed by atoms with Gasteiger partial charge in [-0.2, -0.15) is 0 Å². The predicted molar refractivity (Wildman–Crippen MR) is 64.4 cm³/mol. The highest BCUT2D eigenvalue weighted by molar-refractivity contribution is 6.20. The Bertz CT molecular complexity index is 197. The van der Waals surface area contributed by atoms with Gasteiger partial charge in [0.15, 0.2) is 0 Å². The van der Waals surface area contributed by atoms with E-state index in [4.69, 9.17) is 27.9 Å². The van der Waals surface area contributed by atoms with E-state index in [2.05, 4.69) is 13.0 Å². The quantitative estimate of drug-likeness (QED) is 0.484. The van der Waals surface area contributed by atoms with Gasteiger partial charge in [0.2, 0.25) is 0 Å². The smallest absolute Gasteiger partial charge is 0.0670 e. The summed E-state index contributed by atoms with van der Waals surface area (Å²) < 4.78 is 5.00. The summed E-state index contributed by atoms with van der Waals surface area (Å²) in [5, 5.41) is 0. The normalized spacial score (nSPS) is 13.4. The van der Waals surface area contributed by atoms with Crippen LogP contribution in [0.25, 0.3) is 0 Å². The van der Waals surface area contributed by atoms with Crippen LogP contribution in [-0.4, -0.2) is 25.5 Å². The summed E-state index contributed by atoms with van der Waals surface area (Å²) >= 11 is 11.3. The van der Waals surface area contributed by atoms with Crippen molar-refractivity contribution < 1.29 is 4.74 Å². The molecule has 0 unspecified atom stereocenters. The number of allylic oxidation sites excluding steroid dienone is 3. The second-order valence-electron chi connectivity index (χ2n) is 3.17. The molecule has 1 nitrogen and oxygen atoms in total. The number of alkyl halides is 2. The minimum atomic E-state index is 0.544. The van der Waals surface area contributed by atoms with Crippen molar-refractivity contribution in [2.24, 2.45) is 0 Å². The SMILES string of the molecule is COC/C(C)=C/CC/C(=C/CCl)CCl. The number of methoxy groups -OCH3 is 1. The first-order chi connectivity index (χ1) is 6.74. The van der Waals surface area contributed by atoms with E-state index >= 15 is 0 Å². The standard InChI is InChI=1S/C11H18Cl2O/c1-10(9-14-2)4-3-5-11(8-13)6-7-12/h4,6H,3,5,7-9H2,1-2H3/b10-4+,11-6-. The van der Waals surface area contributed by atoms with Crippen LogP contribution in [0.3, 0.4) is 0 Å². The Hall–Kier alpha value is 0.0200. The van der Waals surface area contributed by atoms with Crippen molar-refractivity contribution in [3.8, 4) is 0 Å². The molecule has 0 radical (unpaired) electrons. The minimum Gasteiger partial charge on any atom is -0.380 e. The second kappa shape index (κ2) is 9.57. The van der Waals surface area contributed by atoms with E-state index in [1.165, 1.54) is 11.1 Å². The summed E-state index contributed by atoms with van der Waals surface area (Å²) in [5.74, 6) is 1.12. The van der Waals surface area contributed by atoms with Gasteiger partial charge in [0.05, 0.1) is 6.61 Å². The molecule has 0 heterocycles. The van der Waals surface area contributed by atoms with Gasteiger partial charge < -0.3 is 4.74 Å². The topological polar surface area (TPSA) is 9.23 Å². The maximum atomic E-state index is 5.75. The molecule has 0 atom stereocenters. The Labute approximate surface area is 96.7 Å². The second-order valence-corrected chi connectivity index (χ2v) is 3.75. The average molecular weight is 237 g/mol. The zero-order chi connectivity index (χ0) is 10.8. The van der Waals surface area contributed by atoms with Crippen LogP contribution in [0, 0.1) is 0 Å². The maximum absolute atomic E-state index is 5.75.